The van der Waals surface area contributed by atoms with Gasteiger partial charge in [-0.05, 0) is 48.9 Å². The number of nitrogens with one attached hydrogen (secondary N) is 3. The number of benzene rings is 2. The standard InChI is InChI=1S/C19H23F3N4O2S.HI/c1-23-18(25-11-10-14-6-8-16(9-7-14)19(20,21)22)26-13-15-4-3-5-17(12-15)29(27,28)24-2;/h3-9,12,24H,10-11,13H2,1-2H3,(H2,23,25,26);1H. The number of rotatable bonds is 7. The van der Waals surface area contributed by atoms with E-state index in [9.17, 15) is 21.6 Å². The zero-order chi connectivity index (χ0) is 21.5. The zero-order valence-corrected chi connectivity index (χ0v) is 19.6. The third kappa shape index (κ3) is 7.76. The summed E-state index contributed by atoms with van der Waals surface area (Å²) in [4.78, 5) is 4.25. The molecular weight excluding hydrogens is 532 g/mol. The van der Waals surface area contributed by atoms with E-state index in [-0.39, 0.29) is 28.9 Å². The number of alkyl halides is 3. The van der Waals surface area contributed by atoms with Gasteiger partial charge in [-0.25, -0.2) is 13.1 Å². The third-order valence-corrected chi connectivity index (χ3v) is 5.56. The normalized spacial score (nSPS) is 12.2. The molecule has 2 aromatic rings. The molecule has 0 unspecified atom stereocenters. The van der Waals surface area contributed by atoms with Crippen LogP contribution < -0.4 is 15.4 Å². The van der Waals surface area contributed by atoms with E-state index in [1.807, 2.05) is 0 Å². The molecule has 2 rings (SSSR count). The minimum atomic E-state index is -4.34. The Kier molecular flexibility index (Phi) is 10.0. The smallest absolute Gasteiger partial charge is 0.356 e. The second-order valence-corrected chi connectivity index (χ2v) is 8.04. The lowest BCUT2D eigenvalue weighted by molar-refractivity contribution is -0.137. The number of halogens is 4. The molecule has 0 spiro atoms. The average Bonchev–Trinajstić information content (AvgIpc) is 2.70. The number of hydrogen-bond acceptors (Lipinski definition) is 3. The number of sulfonamides is 1. The van der Waals surface area contributed by atoms with E-state index in [4.69, 9.17) is 0 Å². The van der Waals surface area contributed by atoms with Crippen LogP contribution in [0.5, 0.6) is 0 Å². The summed E-state index contributed by atoms with van der Waals surface area (Å²) in [6.45, 7) is 0.826. The lowest BCUT2D eigenvalue weighted by Gasteiger charge is -2.13. The summed E-state index contributed by atoms with van der Waals surface area (Å²) < 4.78 is 63.8. The SMILES string of the molecule is CN=C(NCCc1ccc(C(F)(F)F)cc1)NCc1cccc(S(=O)(=O)NC)c1.I. The minimum absolute atomic E-state index is 0. The molecule has 2 aromatic carbocycles. The third-order valence-electron chi connectivity index (χ3n) is 4.15. The molecule has 6 nitrogen and oxygen atoms in total. The Hall–Kier alpha value is -1.86. The zero-order valence-electron chi connectivity index (χ0n) is 16.5. The summed E-state index contributed by atoms with van der Waals surface area (Å²) in [6.07, 6.45) is -3.82. The molecule has 3 N–H and O–H groups in total. The Morgan fingerprint density at radius 3 is 2.27 bits per heavy atom. The van der Waals surface area contributed by atoms with E-state index in [1.54, 1.807) is 25.2 Å². The molecule has 0 aromatic heterocycles. The topological polar surface area (TPSA) is 82.6 Å². The van der Waals surface area contributed by atoms with Crippen LogP contribution in [0.4, 0.5) is 13.2 Å². The maximum absolute atomic E-state index is 12.6. The molecule has 0 heterocycles. The van der Waals surface area contributed by atoms with Crippen LogP contribution in [0, 0.1) is 0 Å². The number of hydrogen-bond donors (Lipinski definition) is 3. The molecule has 0 saturated carbocycles. The highest BCUT2D eigenvalue weighted by molar-refractivity contribution is 14.0. The van der Waals surface area contributed by atoms with Crippen LogP contribution in [0.2, 0.25) is 0 Å². The van der Waals surface area contributed by atoms with E-state index < -0.39 is 21.8 Å². The van der Waals surface area contributed by atoms with E-state index >= 15 is 0 Å². The molecule has 0 bridgehead atoms. The Morgan fingerprint density at radius 2 is 1.70 bits per heavy atom. The summed E-state index contributed by atoms with van der Waals surface area (Å²) in [5.74, 6) is 0.499. The molecule has 0 aliphatic rings. The predicted molar refractivity (Wildman–Crippen MR) is 121 cm³/mol. The Morgan fingerprint density at radius 1 is 1.03 bits per heavy atom. The van der Waals surface area contributed by atoms with Crippen LogP contribution in [0.15, 0.2) is 58.4 Å². The summed E-state index contributed by atoms with van der Waals surface area (Å²) in [5.41, 5.74) is 0.854. The van der Waals surface area contributed by atoms with Crippen LogP contribution >= 0.6 is 24.0 Å². The summed E-state index contributed by atoms with van der Waals surface area (Å²) in [5, 5.41) is 6.15. The molecule has 0 atom stereocenters. The van der Waals surface area contributed by atoms with Crippen LogP contribution in [-0.2, 0) is 29.2 Å². The van der Waals surface area contributed by atoms with Gasteiger partial charge in [0.1, 0.15) is 0 Å². The van der Waals surface area contributed by atoms with Gasteiger partial charge in [-0.2, -0.15) is 13.2 Å². The minimum Gasteiger partial charge on any atom is -0.356 e. The Bertz CT molecular complexity index is 949. The molecule has 0 saturated heterocycles. The van der Waals surface area contributed by atoms with Gasteiger partial charge in [0.25, 0.3) is 0 Å². The Balaban J connectivity index is 0.00000450. The first-order valence-electron chi connectivity index (χ1n) is 8.79. The van der Waals surface area contributed by atoms with Gasteiger partial charge in [0.15, 0.2) is 5.96 Å². The van der Waals surface area contributed by atoms with E-state index in [2.05, 4.69) is 20.3 Å². The first kappa shape index (κ1) is 26.2. The van der Waals surface area contributed by atoms with Crippen molar-refractivity contribution >= 4 is 40.0 Å². The lowest BCUT2D eigenvalue weighted by atomic mass is 10.1. The Labute approximate surface area is 191 Å². The average molecular weight is 556 g/mol. The second kappa shape index (κ2) is 11.5. The maximum Gasteiger partial charge on any atom is 0.416 e. The van der Waals surface area contributed by atoms with Gasteiger partial charge in [0, 0.05) is 20.1 Å². The highest BCUT2D eigenvalue weighted by Gasteiger charge is 2.29. The largest absolute Gasteiger partial charge is 0.416 e. The van der Waals surface area contributed by atoms with Crippen LogP contribution in [0.3, 0.4) is 0 Å². The van der Waals surface area contributed by atoms with Gasteiger partial charge in [0.05, 0.1) is 10.5 Å². The van der Waals surface area contributed by atoms with Crippen molar-refractivity contribution in [3.8, 4) is 0 Å². The molecule has 0 radical (unpaired) electrons. The van der Waals surface area contributed by atoms with Crippen molar-refractivity contribution in [2.24, 2.45) is 4.99 Å². The fraction of sp³-hybridized carbons (Fsp3) is 0.316. The van der Waals surface area contributed by atoms with Crippen LogP contribution in [-0.4, -0.2) is 35.0 Å². The number of nitrogens with zero attached hydrogens (tertiary/aromatic N) is 1. The van der Waals surface area contributed by atoms with Crippen LogP contribution in [0.1, 0.15) is 16.7 Å². The van der Waals surface area contributed by atoms with Crippen molar-refractivity contribution in [2.45, 2.75) is 24.0 Å². The molecule has 0 aliphatic heterocycles. The highest BCUT2D eigenvalue weighted by Crippen LogP contribution is 2.29. The van der Waals surface area contributed by atoms with Crippen molar-refractivity contribution in [1.82, 2.24) is 15.4 Å². The first-order valence-corrected chi connectivity index (χ1v) is 10.3. The van der Waals surface area contributed by atoms with Gasteiger partial charge in [0.2, 0.25) is 10.0 Å². The molecule has 0 fully saturated rings. The summed E-state index contributed by atoms with van der Waals surface area (Å²) in [7, 11) is -0.574. The fourth-order valence-electron chi connectivity index (χ4n) is 2.53. The molecule has 11 heteroatoms. The van der Waals surface area contributed by atoms with Crippen molar-refractivity contribution in [3.63, 3.8) is 0 Å². The van der Waals surface area contributed by atoms with Crippen molar-refractivity contribution in [1.29, 1.82) is 0 Å². The molecule has 166 valence electrons. The van der Waals surface area contributed by atoms with Crippen molar-refractivity contribution < 1.29 is 21.6 Å². The van der Waals surface area contributed by atoms with Crippen LogP contribution in [0.25, 0.3) is 0 Å². The molecule has 0 amide bonds. The second-order valence-electron chi connectivity index (χ2n) is 6.15. The predicted octanol–water partition coefficient (Wildman–Crippen LogP) is 3.14. The highest BCUT2D eigenvalue weighted by atomic mass is 127. The monoisotopic (exact) mass is 556 g/mol. The molecule has 30 heavy (non-hydrogen) atoms. The lowest BCUT2D eigenvalue weighted by Crippen LogP contribution is -2.37. The maximum atomic E-state index is 12.6. The van der Waals surface area contributed by atoms with Gasteiger partial charge in [-0.1, -0.05) is 24.3 Å². The first-order chi connectivity index (χ1) is 13.7. The summed E-state index contributed by atoms with van der Waals surface area (Å²) >= 11 is 0. The number of guanidine groups is 1. The molecule has 0 aliphatic carbocycles. The fourth-order valence-corrected chi connectivity index (χ4v) is 3.33. The van der Waals surface area contributed by atoms with Gasteiger partial charge in [-0.15, -0.1) is 24.0 Å². The number of aliphatic imine (C=N–C) groups is 1. The van der Waals surface area contributed by atoms with E-state index in [1.165, 1.54) is 25.2 Å². The van der Waals surface area contributed by atoms with E-state index in [0.29, 0.717) is 25.5 Å². The van der Waals surface area contributed by atoms with Crippen molar-refractivity contribution in [2.75, 3.05) is 20.6 Å². The van der Waals surface area contributed by atoms with Crippen molar-refractivity contribution in [3.05, 3.63) is 65.2 Å². The quantitative estimate of drug-likeness (QED) is 0.278. The van der Waals surface area contributed by atoms with Gasteiger partial charge < -0.3 is 10.6 Å². The van der Waals surface area contributed by atoms with Gasteiger partial charge in [-0.3, -0.25) is 4.99 Å². The van der Waals surface area contributed by atoms with Gasteiger partial charge >= 0.3 is 6.18 Å². The summed E-state index contributed by atoms with van der Waals surface area (Å²) in [6, 6.07) is 11.5. The molecular formula is C19H24F3IN4O2S. The van der Waals surface area contributed by atoms with E-state index in [0.717, 1.165) is 23.3 Å².